The fourth-order valence-corrected chi connectivity index (χ4v) is 3.30. The van der Waals surface area contributed by atoms with Crippen LogP contribution in [0.3, 0.4) is 0 Å². The first kappa shape index (κ1) is 17.3. The van der Waals surface area contributed by atoms with E-state index in [0.29, 0.717) is 22.7 Å². The smallest absolute Gasteiger partial charge is 0.249 e. The predicted octanol–water partition coefficient (Wildman–Crippen LogP) is 3.98. The summed E-state index contributed by atoms with van der Waals surface area (Å²) in [6, 6.07) is 20.5. The van der Waals surface area contributed by atoms with Gasteiger partial charge in [0.2, 0.25) is 11.9 Å². The van der Waals surface area contributed by atoms with Crippen LogP contribution in [0.25, 0.3) is 16.8 Å². The zero-order valence-electron chi connectivity index (χ0n) is 15.6. The maximum absolute atomic E-state index is 12.6. The lowest BCUT2D eigenvalue weighted by Crippen LogP contribution is -2.14. The quantitative estimate of drug-likeness (QED) is 0.530. The lowest BCUT2D eigenvalue weighted by Gasteiger charge is -2.05. The maximum Gasteiger partial charge on any atom is 0.249 e. The fraction of sp³-hybridized carbons (Fsp3) is 0.130. The molecule has 1 N–H and O–H groups in total. The van der Waals surface area contributed by atoms with Gasteiger partial charge in [0.15, 0.2) is 11.4 Å². The minimum Gasteiger partial charge on any atom is -0.293 e. The number of carbonyl (C=O) groups is 2. The van der Waals surface area contributed by atoms with Crippen LogP contribution in [0.2, 0.25) is 0 Å². The van der Waals surface area contributed by atoms with Gasteiger partial charge in [0.05, 0.1) is 0 Å². The SMILES string of the molecule is O=C(c1ccccc1)c1ccc(-c2cccn3nc(NC(=O)C4CC4)nc23)cc1. The maximum atomic E-state index is 12.6. The van der Waals surface area contributed by atoms with E-state index in [4.69, 9.17) is 0 Å². The molecule has 6 nitrogen and oxygen atoms in total. The van der Waals surface area contributed by atoms with Crippen molar-refractivity contribution in [2.24, 2.45) is 5.92 Å². The first-order chi connectivity index (χ1) is 14.2. The summed E-state index contributed by atoms with van der Waals surface area (Å²) >= 11 is 0. The number of nitrogens with one attached hydrogen (secondary N) is 1. The standard InChI is InChI=1S/C23H18N4O2/c28-20(16-5-2-1-3-6-16)17-10-8-15(9-11-17)19-7-4-14-27-21(19)24-23(26-27)25-22(29)18-12-13-18/h1-11,14,18H,12-13H2,(H,25,26,29). The topological polar surface area (TPSA) is 76.4 Å². The molecule has 1 amide bonds. The second-order valence-electron chi connectivity index (χ2n) is 7.16. The summed E-state index contributed by atoms with van der Waals surface area (Å²) in [5.74, 6) is 0.371. The van der Waals surface area contributed by atoms with Crippen molar-refractivity contribution in [1.29, 1.82) is 0 Å². The summed E-state index contributed by atoms with van der Waals surface area (Å²) < 4.78 is 1.65. The number of ketones is 1. The molecular formula is C23H18N4O2. The molecule has 142 valence electrons. The highest BCUT2D eigenvalue weighted by Gasteiger charge is 2.30. The summed E-state index contributed by atoms with van der Waals surface area (Å²) in [6.45, 7) is 0. The first-order valence-electron chi connectivity index (χ1n) is 9.55. The number of nitrogens with zero attached hydrogens (tertiary/aromatic N) is 3. The van der Waals surface area contributed by atoms with Gasteiger partial charge in [-0.25, -0.2) is 4.52 Å². The molecular weight excluding hydrogens is 364 g/mol. The number of pyridine rings is 1. The fourth-order valence-electron chi connectivity index (χ4n) is 3.30. The number of hydrogen-bond donors (Lipinski definition) is 1. The minimum atomic E-state index is -0.0220. The van der Waals surface area contributed by atoms with E-state index in [2.05, 4.69) is 15.4 Å². The van der Waals surface area contributed by atoms with Crippen molar-refractivity contribution in [2.75, 3.05) is 5.32 Å². The van der Waals surface area contributed by atoms with Crippen LogP contribution in [-0.4, -0.2) is 26.3 Å². The van der Waals surface area contributed by atoms with E-state index in [9.17, 15) is 9.59 Å². The van der Waals surface area contributed by atoms with Crippen LogP contribution in [0.5, 0.6) is 0 Å². The summed E-state index contributed by atoms with van der Waals surface area (Å²) in [7, 11) is 0. The van der Waals surface area contributed by atoms with Crippen molar-refractivity contribution in [3.05, 3.63) is 84.1 Å². The molecule has 2 heterocycles. The van der Waals surface area contributed by atoms with Gasteiger partial charge in [-0.1, -0.05) is 54.6 Å². The highest BCUT2D eigenvalue weighted by molar-refractivity contribution is 6.09. The highest BCUT2D eigenvalue weighted by atomic mass is 16.2. The summed E-state index contributed by atoms with van der Waals surface area (Å²) in [5, 5.41) is 7.14. The van der Waals surface area contributed by atoms with Crippen molar-refractivity contribution < 1.29 is 9.59 Å². The molecule has 0 spiro atoms. The van der Waals surface area contributed by atoms with Crippen molar-refractivity contribution in [3.63, 3.8) is 0 Å². The van der Waals surface area contributed by atoms with Crippen LogP contribution < -0.4 is 5.32 Å². The molecule has 0 unspecified atom stereocenters. The highest BCUT2D eigenvalue weighted by Crippen LogP contribution is 2.30. The summed E-state index contributed by atoms with van der Waals surface area (Å²) in [5.41, 5.74) is 3.75. The van der Waals surface area contributed by atoms with E-state index >= 15 is 0 Å². The third-order valence-corrected chi connectivity index (χ3v) is 5.04. The Morgan fingerprint density at radius 3 is 2.34 bits per heavy atom. The number of aromatic nitrogens is 3. The second-order valence-corrected chi connectivity index (χ2v) is 7.16. The Labute approximate surface area is 167 Å². The Balaban J connectivity index is 1.45. The third kappa shape index (κ3) is 3.40. The van der Waals surface area contributed by atoms with E-state index in [1.54, 1.807) is 10.7 Å². The van der Waals surface area contributed by atoms with Gasteiger partial charge in [-0.3, -0.25) is 14.9 Å². The Hall–Kier alpha value is -3.80. The van der Waals surface area contributed by atoms with E-state index in [0.717, 1.165) is 24.0 Å². The molecule has 2 aromatic heterocycles. The van der Waals surface area contributed by atoms with Gasteiger partial charge in [-0.05, 0) is 30.5 Å². The average Bonchev–Trinajstić information content (AvgIpc) is 3.54. The molecule has 4 aromatic rings. The number of fused-ring (bicyclic) bond motifs is 1. The largest absolute Gasteiger partial charge is 0.293 e. The van der Waals surface area contributed by atoms with Gasteiger partial charge in [-0.15, -0.1) is 5.10 Å². The molecule has 1 saturated carbocycles. The van der Waals surface area contributed by atoms with Crippen LogP contribution in [0.1, 0.15) is 28.8 Å². The molecule has 29 heavy (non-hydrogen) atoms. The van der Waals surface area contributed by atoms with Gasteiger partial charge in [0.1, 0.15) is 0 Å². The predicted molar refractivity (Wildman–Crippen MR) is 110 cm³/mol. The van der Waals surface area contributed by atoms with Gasteiger partial charge in [0, 0.05) is 28.8 Å². The molecule has 0 atom stereocenters. The van der Waals surface area contributed by atoms with Crippen LogP contribution in [0.15, 0.2) is 72.9 Å². The van der Waals surface area contributed by atoms with E-state index < -0.39 is 0 Å². The molecule has 1 aliphatic carbocycles. The lowest BCUT2D eigenvalue weighted by atomic mass is 10.00. The van der Waals surface area contributed by atoms with Crippen LogP contribution in [-0.2, 0) is 4.79 Å². The molecule has 0 saturated heterocycles. The Bertz CT molecular complexity index is 1210. The van der Waals surface area contributed by atoms with Crippen LogP contribution in [0, 0.1) is 5.92 Å². The molecule has 0 aliphatic heterocycles. The number of amides is 1. The van der Waals surface area contributed by atoms with Gasteiger partial charge >= 0.3 is 0 Å². The van der Waals surface area contributed by atoms with Crippen molar-refractivity contribution in [1.82, 2.24) is 14.6 Å². The third-order valence-electron chi connectivity index (χ3n) is 5.04. The normalized spacial score (nSPS) is 13.4. The first-order valence-corrected chi connectivity index (χ1v) is 9.55. The molecule has 1 aliphatic rings. The molecule has 0 bridgehead atoms. The number of anilines is 1. The van der Waals surface area contributed by atoms with Crippen molar-refractivity contribution in [2.45, 2.75) is 12.8 Å². The van der Waals surface area contributed by atoms with Crippen molar-refractivity contribution in [3.8, 4) is 11.1 Å². The number of hydrogen-bond acceptors (Lipinski definition) is 4. The van der Waals surface area contributed by atoms with E-state index in [1.807, 2.05) is 66.7 Å². The van der Waals surface area contributed by atoms with Gasteiger partial charge in [0.25, 0.3) is 0 Å². The zero-order chi connectivity index (χ0) is 19.8. The molecule has 0 radical (unpaired) electrons. The monoisotopic (exact) mass is 382 g/mol. The number of rotatable bonds is 5. The Morgan fingerprint density at radius 1 is 0.897 bits per heavy atom. The molecule has 5 rings (SSSR count). The summed E-state index contributed by atoms with van der Waals surface area (Å²) in [4.78, 5) is 29.1. The molecule has 1 fully saturated rings. The number of carbonyl (C=O) groups excluding carboxylic acids is 2. The second kappa shape index (κ2) is 6.98. The minimum absolute atomic E-state index is 0.0112. The van der Waals surface area contributed by atoms with Gasteiger partial charge in [-0.2, -0.15) is 4.98 Å². The lowest BCUT2D eigenvalue weighted by molar-refractivity contribution is -0.117. The molecule has 2 aromatic carbocycles. The van der Waals surface area contributed by atoms with Crippen LogP contribution in [0.4, 0.5) is 5.95 Å². The van der Waals surface area contributed by atoms with Crippen LogP contribution >= 0.6 is 0 Å². The van der Waals surface area contributed by atoms with Crippen molar-refractivity contribution >= 4 is 23.3 Å². The van der Waals surface area contributed by atoms with Gasteiger partial charge < -0.3 is 0 Å². The Kier molecular flexibility index (Phi) is 4.17. The van der Waals surface area contributed by atoms with E-state index in [1.165, 1.54) is 0 Å². The number of benzene rings is 2. The zero-order valence-corrected chi connectivity index (χ0v) is 15.6. The average molecular weight is 382 g/mol. The van der Waals surface area contributed by atoms with E-state index in [-0.39, 0.29) is 17.6 Å². The summed E-state index contributed by atoms with van der Waals surface area (Å²) in [6.07, 6.45) is 3.66. The molecule has 6 heteroatoms. The Morgan fingerprint density at radius 2 is 1.62 bits per heavy atom.